The van der Waals surface area contributed by atoms with Gasteiger partial charge in [0.2, 0.25) is 0 Å². The van der Waals surface area contributed by atoms with E-state index >= 15 is 0 Å². The van der Waals surface area contributed by atoms with Crippen LogP contribution in [0.25, 0.3) is 11.1 Å². The second kappa shape index (κ2) is 6.42. The quantitative estimate of drug-likeness (QED) is 0.745. The van der Waals surface area contributed by atoms with Crippen molar-refractivity contribution in [2.24, 2.45) is 0 Å². The zero-order chi connectivity index (χ0) is 15.7. The van der Waals surface area contributed by atoms with Crippen LogP contribution in [0.3, 0.4) is 0 Å². The summed E-state index contributed by atoms with van der Waals surface area (Å²) in [6.07, 6.45) is -1.63. The number of hydrogen-bond donors (Lipinski definition) is 2. The first-order chi connectivity index (χ1) is 9.81. The standard InChI is InChI=1S/C14H8Cl4O3/c15-9-3-6(13(19)14(20)21)1-2-8(9)7-4-10(16)12(18)11(17)5-7/h1-5,13,19H,(H,20,21). The zero-order valence-corrected chi connectivity index (χ0v) is 13.3. The van der Waals surface area contributed by atoms with Crippen LogP contribution in [0.4, 0.5) is 0 Å². The maximum Gasteiger partial charge on any atom is 0.337 e. The van der Waals surface area contributed by atoms with Crippen LogP contribution in [0.2, 0.25) is 20.1 Å². The number of benzene rings is 2. The molecule has 0 heterocycles. The van der Waals surface area contributed by atoms with Crippen LogP contribution in [-0.4, -0.2) is 16.2 Å². The third kappa shape index (κ3) is 3.44. The van der Waals surface area contributed by atoms with Crippen LogP contribution in [0.5, 0.6) is 0 Å². The molecular weight excluding hydrogens is 358 g/mol. The minimum Gasteiger partial charge on any atom is -0.479 e. The highest BCUT2D eigenvalue weighted by Gasteiger charge is 2.18. The van der Waals surface area contributed by atoms with Crippen molar-refractivity contribution < 1.29 is 15.0 Å². The average molecular weight is 366 g/mol. The van der Waals surface area contributed by atoms with Crippen molar-refractivity contribution in [1.82, 2.24) is 0 Å². The predicted octanol–water partition coefficient (Wildman–Crippen LogP) is 5.09. The molecule has 1 atom stereocenters. The van der Waals surface area contributed by atoms with Gasteiger partial charge >= 0.3 is 5.97 Å². The molecule has 0 aliphatic carbocycles. The summed E-state index contributed by atoms with van der Waals surface area (Å²) < 4.78 is 0. The molecule has 3 nitrogen and oxygen atoms in total. The summed E-state index contributed by atoms with van der Waals surface area (Å²) in [5.41, 5.74) is 1.41. The molecule has 0 saturated heterocycles. The lowest BCUT2D eigenvalue weighted by Gasteiger charge is -2.11. The molecule has 1 unspecified atom stereocenters. The fourth-order valence-electron chi connectivity index (χ4n) is 1.79. The Morgan fingerprint density at radius 1 is 0.952 bits per heavy atom. The second-order valence-electron chi connectivity index (χ2n) is 4.23. The molecule has 110 valence electrons. The van der Waals surface area contributed by atoms with E-state index in [0.717, 1.165) is 0 Å². The Balaban J connectivity index is 2.49. The predicted molar refractivity (Wildman–Crippen MR) is 84.5 cm³/mol. The Morgan fingerprint density at radius 3 is 2.00 bits per heavy atom. The van der Waals surface area contributed by atoms with Crippen LogP contribution < -0.4 is 0 Å². The van der Waals surface area contributed by atoms with Gasteiger partial charge in [0.05, 0.1) is 15.1 Å². The van der Waals surface area contributed by atoms with E-state index in [1.807, 2.05) is 0 Å². The van der Waals surface area contributed by atoms with E-state index in [1.165, 1.54) is 12.1 Å². The van der Waals surface area contributed by atoms with E-state index in [1.54, 1.807) is 18.2 Å². The number of aliphatic carboxylic acids is 1. The van der Waals surface area contributed by atoms with Gasteiger partial charge in [0, 0.05) is 10.6 Å². The Kier molecular flexibility index (Phi) is 5.02. The van der Waals surface area contributed by atoms with Gasteiger partial charge in [-0.25, -0.2) is 4.79 Å². The molecular formula is C14H8Cl4O3. The van der Waals surface area contributed by atoms with Crippen LogP contribution in [-0.2, 0) is 4.79 Å². The number of aliphatic hydroxyl groups excluding tert-OH is 1. The third-order valence-corrected chi connectivity index (χ3v) is 4.35. The first kappa shape index (κ1) is 16.4. The largest absolute Gasteiger partial charge is 0.479 e. The van der Waals surface area contributed by atoms with Crippen LogP contribution in [0, 0.1) is 0 Å². The first-order valence-corrected chi connectivity index (χ1v) is 7.17. The summed E-state index contributed by atoms with van der Waals surface area (Å²) in [6.45, 7) is 0. The highest BCUT2D eigenvalue weighted by Crippen LogP contribution is 2.38. The lowest BCUT2D eigenvalue weighted by Crippen LogP contribution is -2.10. The summed E-state index contributed by atoms with van der Waals surface area (Å²) in [5.74, 6) is -1.35. The summed E-state index contributed by atoms with van der Waals surface area (Å²) in [6, 6.07) is 7.64. The fraction of sp³-hybridized carbons (Fsp3) is 0.0714. The molecule has 0 aliphatic rings. The lowest BCUT2D eigenvalue weighted by atomic mass is 10.0. The van der Waals surface area contributed by atoms with Gasteiger partial charge in [-0.3, -0.25) is 0 Å². The monoisotopic (exact) mass is 364 g/mol. The van der Waals surface area contributed by atoms with Gasteiger partial charge in [-0.15, -0.1) is 0 Å². The molecule has 7 heteroatoms. The molecule has 0 radical (unpaired) electrons. The molecule has 0 fully saturated rings. The molecule has 0 aromatic heterocycles. The van der Waals surface area contributed by atoms with Gasteiger partial charge in [0.25, 0.3) is 0 Å². The maximum atomic E-state index is 10.8. The fourth-order valence-corrected chi connectivity index (χ4v) is 2.68. The average Bonchev–Trinajstić information content (AvgIpc) is 2.43. The molecule has 2 rings (SSSR count). The summed E-state index contributed by atoms with van der Waals surface area (Å²) in [5, 5.41) is 19.3. The second-order valence-corrected chi connectivity index (χ2v) is 5.83. The van der Waals surface area contributed by atoms with Gasteiger partial charge in [-0.1, -0.05) is 58.5 Å². The van der Waals surface area contributed by atoms with Gasteiger partial charge in [0.15, 0.2) is 6.10 Å². The van der Waals surface area contributed by atoms with Crippen LogP contribution >= 0.6 is 46.4 Å². The molecule has 0 aliphatic heterocycles. The molecule has 21 heavy (non-hydrogen) atoms. The number of aliphatic hydroxyl groups is 1. The van der Waals surface area contributed by atoms with E-state index < -0.39 is 12.1 Å². The minimum atomic E-state index is -1.63. The zero-order valence-electron chi connectivity index (χ0n) is 10.3. The number of hydrogen-bond acceptors (Lipinski definition) is 2. The topological polar surface area (TPSA) is 57.5 Å². The van der Waals surface area contributed by atoms with Crippen molar-refractivity contribution in [1.29, 1.82) is 0 Å². The summed E-state index contributed by atoms with van der Waals surface area (Å²) in [4.78, 5) is 10.8. The first-order valence-electron chi connectivity index (χ1n) is 5.66. The summed E-state index contributed by atoms with van der Waals surface area (Å²) >= 11 is 24.0. The van der Waals surface area contributed by atoms with E-state index in [2.05, 4.69) is 0 Å². The van der Waals surface area contributed by atoms with Crippen molar-refractivity contribution >= 4 is 52.4 Å². The Bertz CT molecular complexity index is 692. The number of rotatable bonds is 3. The molecule has 0 amide bonds. The van der Waals surface area contributed by atoms with Crippen LogP contribution in [0.15, 0.2) is 30.3 Å². The van der Waals surface area contributed by atoms with Crippen LogP contribution in [0.1, 0.15) is 11.7 Å². The van der Waals surface area contributed by atoms with E-state index in [4.69, 9.17) is 51.5 Å². The SMILES string of the molecule is O=C(O)C(O)c1ccc(-c2cc(Cl)c(Cl)c(Cl)c2)c(Cl)c1. The molecule has 0 saturated carbocycles. The van der Waals surface area contributed by atoms with Gasteiger partial charge in [-0.2, -0.15) is 0 Å². The number of carboxylic acid groups (broad SMARTS) is 1. The number of carboxylic acids is 1. The molecule has 0 bridgehead atoms. The molecule has 2 N–H and O–H groups in total. The van der Waals surface area contributed by atoms with Gasteiger partial charge in [-0.05, 0) is 29.3 Å². The van der Waals surface area contributed by atoms with Crippen molar-refractivity contribution in [3.05, 3.63) is 56.0 Å². The Labute approximate surface area is 140 Å². The van der Waals surface area contributed by atoms with Gasteiger partial charge < -0.3 is 10.2 Å². The number of halogens is 4. The highest BCUT2D eigenvalue weighted by molar-refractivity contribution is 6.48. The molecule has 2 aromatic rings. The molecule has 0 spiro atoms. The summed E-state index contributed by atoms with van der Waals surface area (Å²) in [7, 11) is 0. The van der Waals surface area contributed by atoms with Gasteiger partial charge in [0.1, 0.15) is 0 Å². The smallest absolute Gasteiger partial charge is 0.337 e. The van der Waals surface area contributed by atoms with E-state index in [9.17, 15) is 9.90 Å². The van der Waals surface area contributed by atoms with Crippen molar-refractivity contribution in [2.45, 2.75) is 6.10 Å². The Morgan fingerprint density at radius 2 is 1.52 bits per heavy atom. The van der Waals surface area contributed by atoms with Crippen molar-refractivity contribution in [3.63, 3.8) is 0 Å². The Hall–Kier alpha value is -0.970. The molecule has 2 aromatic carbocycles. The lowest BCUT2D eigenvalue weighted by molar-refractivity contribution is -0.146. The van der Waals surface area contributed by atoms with Crippen molar-refractivity contribution in [2.75, 3.05) is 0 Å². The van der Waals surface area contributed by atoms with E-state index in [0.29, 0.717) is 11.1 Å². The van der Waals surface area contributed by atoms with E-state index in [-0.39, 0.29) is 25.7 Å². The normalized spacial score (nSPS) is 12.2. The highest BCUT2D eigenvalue weighted by atomic mass is 35.5. The third-order valence-electron chi connectivity index (χ3n) is 2.84. The van der Waals surface area contributed by atoms with Crippen molar-refractivity contribution in [3.8, 4) is 11.1 Å². The minimum absolute atomic E-state index is 0.183. The maximum absolute atomic E-state index is 10.8. The number of carbonyl (C=O) groups is 1.